The molecule has 2 aromatic rings. The van der Waals surface area contributed by atoms with Crippen molar-refractivity contribution in [2.75, 3.05) is 0 Å². The van der Waals surface area contributed by atoms with E-state index < -0.39 is 29.2 Å². The number of nitrogens with one attached hydrogen (secondary N) is 2. The van der Waals surface area contributed by atoms with Crippen LogP contribution in [0.2, 0.25) is 0 Å². The van der Waals surface area contributed by atoms with Crippen LogP contribution in [0.4, 0.5) is 13.6 Å². The summed E-state index contributed by atoms with van der Waals surface area (Å²) < 4.78 is 36.6. The Morgan fingerprint density at radius 2 is 1.94 bits per heavy atom. The average molecular weight is 485 g/mol. The maximum absolute atomic E-state index is 14.4. The van der Waals surface area contributed by atoms with Crippen molar-refractivity contribution in [3.05, 3.63) is 31.3 Å². The molecule has 2 fully saturated rings. The van der Waals surface area contributed by atoms with Crippen LogP contribution in [-0.2, 0) is 17.8 Å². The van der Waals surface area contributed by atoms with Gasteiger partial charge in [-0.15, -0.1) is 11.3 Å². The normalized spacial score (nSPS) is 20.4. The molecule has 2 aromatic heterocycles. The van der Waals surface area contributed by atoms with Gasteiger partial charge in [-0.2, -0.15) is 0 Å². The lowest BCUT2D eigenvalue weighted by atomic mass is 10.1. The molecule has 8 nitrogen and oxygen atoms in total. The number of fused-ring (bicyclic) bond motifs is 1. The molecule has 1 atom stereocenters. The number of hydrogen-bond acceptors (Lipinski definition) is 6. The third kappa shape index (κ3) is 4.84. The van der Waals surface area contributed by atoms with Crippen LogP contribution in [0.15, 0.2) is 9.59 Å². The van der Waals surface area contributed by atoms with Gasteiger partial charge in [0.1, 0.15) is 10.4 Å². The molecular formula is C22H30F2N4O4S. The Balaban J connectivity index is 1.68. The molecule has 33 heavy (non-hydrogen) atoms. The number of carbonyl (C=O) groups excluding carboxylic acids is 1. The number of amides is 1. The van der Waals surface area contributed by atoms with E-state index in [1.165, 1.54) is 20.5 Å². The molecule has 4 rings (SSSR count). The van der Waals surface area contributed by atoms with Crippen molar-refractivity contribution in [3.63, 3.8) is 0 Å². The predicted octanol–water partition coefficient (Wildman–Crippen LogP) is 3.83. The molecule has 1 amide bonds. The van der Waals surface area contributed by atoms with Crippen molar-refractivity contribution in [1.29, 1.82) is 0 Å². The van der Waals surface area contributed by atoms with Crippen LogP contribution in [0, 0.1) is 12.8 Å². The lowest BCUT2D eigenvalue weighted by Gasteiger charge is -2.21. The molecule has 182 valence electrons. The van der Waals surface area contributed by atoms with Crippen LogP contribution in [0.1, 0.15) is 69.4 Å². The van der Waals surface area contributed by atoms with E-state index in [4.69, 9.17) is 4.74 Å². The summed E-state index contributed by atoms with van der Waals surface area (Å²) in [5, 5.41) is 0.391. The van der Waals surface area contributed by atoms with Crippen LogP contribution < -0.4 is 22.1 Å². The zero-order valence-electron chi connectivity index (χ0n) is 19.3. The van der Waals surface area contributed by atoms with Gasteiger partial charge in [-0.1, -0.05) is 0 Å². The highest BCUT2D eigenvalue weighted by atomic mass is 32.1. The van der Waals surface area contributed by atoms with Gasteiger partial charge in [0.25, 0.3) is 11.5 Å². The summed E-state index contributed by atoms with van der Waals surface area (Å²) in [5.41, 5.74) is 4.39. The van der Waals surface area contributed by atoms with Gasteiger partial charge >= 0.3 is 11.8 Å². The lowest BCUT2D eigenvalue weighted by Crippen LogP contribution is -2.41. The third-order valence-corrected chi connectivity index (χ3v) is 7.47. The van der Waals surface area contributed by atoms with Crippen molar-refractivity contribution in [2.45, 2.75) is 90.5 Å². The molecule has 2 N–H and O–H groups in total. The summed E-state index contributed by atoms with van der Waals surface area (Å²) in [6, 6.07) is -0.167. The molecule has 2 aliphatic rings. The fourth-order valence-corrected chi connectivity index (χ4v) is 5.58. The van der Waals surface area contributed by atoms with E-state index in [9.17, 15) is 23.2 Å². The standard InChI is InChI=1S/C22H30F2N4O4S/c1-12-15(10-25-26-19(30)32-21(2,3)4)33-18-16(12)17(29)28(14-7-8-14)20(31)27(18)11-13-6-5-9-22(13,23)24/h13-14,25H,5-11H2,1-4H3,(H,26,30). The van der Waals surface area contributed by atoms with Gasteiger partial charge in [0.2, 0.25) is 0 Å². The minimum Gasteiger partial charge on any atom is -0.443 e. The van der Waals surface area contributed by atoms with Crippen LogP contribution >= 0.6 is 11.3 Å². The highest BCUT2D eigenvalue weighted by Crippen LogP contribution is 2.42. The SMILES string of the molecule is Cc1c(CNNC(=O)OC(C)(C)C)sc2c1c(=O)n(C1CC1)c(=O)n2CC1CCCC1(F)F. The molecule has 2 heterocycles. The molecule has 0 spiro atoms. The lowest BCUT2D eigenvalue weighted by molar-refractivity contribution is -0.0422. The molecule has 11 heteroatoms. The molecule has 0 bridgehead atoms. The molecule has 2 aliphatic carbocycles. The number of aromatic nitrogens is 2. The Morgan fingerprint density at radius 1 is 1.24 bits per heavy atom. The van der Waals surface area contributed by atoms with Gasteiger partial charge in [-0.3, -0.25) is 19.4 Å². The fourth-order valence-electron chi connectivity index (χ4n) is 4.34. The summed E-state index contributed by atoms with van der Waals surface area (Å²) in [5.74, 6) is -3.75. The molecule has 1 unspecified atom stereocenters. The minimum atomic E-state index is -2.82. The highest BCUT2D eigenvalue weighted by Gasteiger charge is 2.44. The quantitative estimate of drug-likeness (QED) is 0.608. The molecule has 2 saturated carbocycles. The molecule has 0 saturated heterocycles. The number of carbonyl (C=O) groups is 1. The Labute approximate surface area is 193 Å². The summed E-state index contributed by atoms with van der Waals surface area (Å²) in [6.07, 6.45) is 1.43. The zero-order chi connectivity index (χ0) is 24.1. The monoisotopic (exact) mass is 484 g/mol. The van der Waals surface area contributed by atoms with Gasteiger partial charge in [0.15, 0.2) is 0 Å². The summed E-state index contributed by atoms with van der Waals surface area (Å²) >= 11 is 1.22. The van der Waals surface area contributed by atoms with Crippen LogP contribution in [0.25, 0.3) is 10.2 Å². The molecule has 0 aromatic carbocycles. The number of hydrazine groups is 1. The van der Waals surface area contributed by atoms with Crippen molar-refractivity contribution < 1.29 is 18.3 Å². The number of alkyl halides is 2. The maximum atomic E-state index is 14.4. The predicted molar refractivity (Wildman–Crippen MR) is 122 cm³/mol. The fraction of sp³-hybridized carbons (Fsp3) is 0.682. The van der Waals surface area contributed by atoms with Crippen LogP contribution in [0.3, 0.4) is 0 Å². The molecular weight excluding hydrogens is 454 g/mol. The number of hydrogen-bond donors (Lipinski definition) is 2. The largest absolute Gasteiger partial charge is 0.443 e. The Kier molecular flexibility index (Phi) is 6.15. The van der Waals surface area contributed by atoms with Gasteiger partial charge in [-0.05, 0) is 58.9 Å². The third-order valence-electron chi connectivity index (χ3n) is 6.16. The van der Waals surface area contributed by atoms with Crippen molar-refractivity contribution in [2.24, 2.45) is 5.92 Å². The number of halogens is 2. The Bertz CT molecular complexity index is 1190. The van der Waals surface area contributed by atoms with E-state index in [-0.39, 0.29) is 31.1 Å². The number of aryl methyl sites for hydroxylation is 1. The van der Waals surface area contributed by atoms with E-state index in [0.29, 0.717) is 28.6 Å². The minimum absolute atomic E-state index is 0.113. The van der Waals surface area contributed by atoms with Gasteiger partial charge in [0, 0.05) is 36.3 Å². The maximum Gasteiger partial charge on any atom is 0.422 e. The summed E-state index contributed by atoms with van der Waals surface area (Å²) in [7, 11) is 0. The topological polar surface area (TPSA) is 94.4 Å². The number of thiophene rings is 1. The zero-order valence-corrected chi connectivity index (χ0v) is 20.1. The van der Waals surface area contributed by atoms with E-state index >= 15 is 0 Å². The highest BCUT2D eigenvalue weighted by molar-refractivity contribution is 7.18. The molecule has 0 aliphatic heterocycles. The second-order valence-electron chi connectivity index (χ2n) is 9.96. The van der Waals surface area contributed by atoms with E-state index in [0.717, 1.165) is 17.7 Å². The first-order chi connectivity index (χ1) is 15.4. The Morgan fingerprint density at radius 3 is 2.52 bits per heavy atom. The smallest absolute Gasteiger partial charge is 0.422 e. The van der Waals surface area contributed by atoms with E-state index in [2.05, 4.69) is 10.9 Å². The summed E-state index contributed by atoms with van der Waals surface area (Å²) in [6.45, 7) is 7.11. The van der Waals surface area contributed by atoms with E-state index in [1.54, 1.807) is 27.7 Å². The first kappa shape index (κ1) is 23.9. The van der Waals surface area contributed by atoms with Gasteiger partial charge in [-0.25, -0.2) is 23.8 Å². The first-order valence-electron chi connectivity index (χ1n) is 11.3. The first-order valence-corrected chi connectivity index (χ1v) is 12.1. The average Bonchev–Trinajstić information content (AvgIpc) is 3.38. The Hall–Kier alpha value is -2.27. The second kappa shape index (κ2) is 8.50. The summed E-state index contributed by atoms with van der Waals surface area (Å²) in [4.78, 5) is 39.5. The van der Waals surface area contributed by atoms with Gasteiger partial charge in [0.05, 0.1) is 5.39 Å². The van der Waals surface area contributed by atoms with Crippen molar-refractivity contribution in [3.8, 4) is 0 Å². The van der Waals surface area contributed by atoms with Crippen LogP contribution in [-0.4, -0.2) is 26.8 Å². The molecule has 0 radical (unpaired) electrons. The van der Waals surface area contributed by atoms with Crippen molar-refractivity contribution >= 4 is 27.6 Å². The number of rotatable bonds is 6. The van der Waals surface area contributed by atoms with Gasteiger partial charge < -0.3 is 4.74 Å². The van der Waals surface area contributed by atoms with Crippen molar-refractivity contribution in [1.82, 2.24) is 20.0 Å². The number of nitrogens with zero attached hydrogens (tertiary/aromatic N) is 2. The van der Waals surface area contributed by atoms with Crippen LogP contribution in [0.5, 0.6) is 0 Å². The number of ether oxygens (including phenoxy) is 1. The van der Waals surface area contributed by atoms with E-state index in [1.807, 2.05) is 0 Å². The second-order valence-corrected chi connectivity index (χ2v) is 11.0.